The number of amides is 3. The summed E-state index contributed by atoms with van der Waals surface area (Å²) in [5, 5.41) is 34.1. The highest BCUT2D eigenvalue weighted by Gasteiger charge is 2.31. The van der Waals surface area contributed by atoms with Gasteiger partial charge in [0.05, 0.1) is 6.04 Å². The number of aliphatic carboxylic acids is 3. The summed E-state index contributed by atoms with van der Waals surface area (Å²) in [5.41, 5.74) is 6.34. The van der Waals surface area contributed by atoms with E-state index >= 15 is 0 Å². The molecule has 0 heterocycles. The summed E-state index contributed by atoms with van der Waals surface area (Å²) in [7, 11) is 0. The van der Waals surface area contributed by atoms with Crippen molar-refractivity contribution in [2.24, 2.45) is 5.73 Å². The van der Waals surface area contributed by atoms with Crippen LogP contribution >= 0.6 is 12.6 Å². The van der Waals surface area contributed by atoms with Gasteiger partial charge in [-0.25, -0.2) is 4.79 Å². The molecule has 14 heteroatoms. The Labute approximate surface area is 212 Å². The largest absolute Gasteiger partial charge is 0.481 e. The molecule has 1 aromatic carbocycles. The zero-order chi connectivity index (χ0) is 27.3. The van der Waals surface area contributed by atoms with Crippen molar-refractivity contribution >= 4 is 48.3 Å². The van der Waals surface area contributed by atoms with Gasteiger partial charge in [0.2, 0.25) is 17.7 Å². The number of benzene rings is 1. The molecule has 1 rings (SSSR count). The summed E-state index contributed by atoms with van der Waals surface area (Å²) < 4.78 is 0. The first kappa shape index (κ1) is 30.4. The number of carboxylic acids is 3. The number of hydrogen-bond donors (Lipinski definition) is 8. The second kappa shape index (κ2) is 15.4. The van der Waals surface area contributed by atoms with E-state index in [-0.39, 0.29) is 18.6 Å². The van der Waals surface area contributed by atoms with E-state index in [0.717, 1.165) is 0 Å². The van der Waals surface area contributed by atoms with Crippen LogP contribution in [0.2, 0.25) is 0 Å². The fourth-order valence-electron chi connectivity index (χ4n) is 3.03. The monoisotopic (exact) mass is 526 g/mol. The maximum absolute atomic E-state index is 13.1. The van der Waals surface area contributed by atoms with Crippen molar-refractivity contribution in [3.05, 3.63) is 35.9 Å². The van der Waals surface area contributed by atoms with E-state index < -0.39 is 79.1 Å². The summed E-state index contributed by atoms with van der Waals surface area (Å²) >= 11 is 3.96. The van der Waals surface area contributed by atoms with E-state index in [0.29, 0.717) is 5.56 Å². The van der Waals surface area contributed by atoms with Crippen LogP contribution in [0.4, 0.5) is 0 Å². The number of nitrogens with two attached hydrogens (primary N) is 1. The molecule has 0 aromatic heterocycles. The lowest BCUT2D eigenvalue weighted by molar-refractivity contribution is -0.144. The molecule has 0 radical (unpaired) electrons. The van der Waals surface area contributed by atoms with Crippen molar-refractivity contribution in [3.8, 4) is 0 Å². The lowest BCUT2D eigenvalue weighted by atomic mass is 10.0. The predicted octanol–water partition coefficient (Wildman–Crippen LogP) is -1.25. The fourth-order valence-corrected chi connectivity index (χ4v) is 3.19. The van der Waals surface area contributed by atoms with Crippen molar-refractivity contribution in [2.45, 2.75) is 56.3 Å². The first-order chi connectivity index (χ1) is 16.9. The van der Waals surface area contributed by atoms with Crippen LogP contribution < -0.4 is 21.7 Å². The Morgan fingerprint density at radius 3 is 1.72 bits per heavy atom. The summed E-state index contributed by atoms with van der Waals surface area (Å²) in [6.45, 7) is 0. The number of carbonyl (C=O) groups is 6. The van der Waals surface area contributed by atoms with Gasteiger partial charge in [0, 0.05) is 25.0 Å². The molecule has 1 aromatic rings. The van der Waals surface area contributed by atoms with Crippen molar-refractivity contribution in [1.29, 1.82) is 0 Å². The first-order valence-electron chi connectivity index (χ1n) is 10.9. The average molecular weight is 527 g/mol. The maximum Gasteiger partial charge on any atom is 0.326 e. The molecule has 0 bridgehead atoms. The number of hydrogen-bond acceptors (Lipinski definition) is 8. The second-order valence-electron chi connectivity index (χ2n) is 7.87. The van der Waals surface area contributed by atoms with Crippen molar-refractivity contribution in [1.82, 2.24) is 16.0 Å². The first-order valence-corrected chi connectivity index (χ1v) is 11.6. The third-order valence-corrected chi connectivity index (χ3v) is 5.38. The van der Waals surface area contributed by atoms with Crippen LogP contribution in [0.5, 0.6) is 0 Å². The molecule has 0 aliphatic rings. The Hall–Kier alpha value is -3.65. The zero-order valence-electron chi connectivity index (χ0n) is 19.3. The van der Waals surface area contributed by atoms with Crippen LogP contribution in [0.25, 0.3) is 0 Å². The van der Waals surface area contributed by atoms with Gasteiger partial charge in [-0.2, -0.15) is 12.6 Å². The molecule has 4 atom stereocenters. The Kier molecular flexibility index (Phi) is 13.0. The van der Waals surface area contributed by atoms with E-state index in [1.54, 1.807) is 30.3 Å². The van der Waals surface area contributed by atoms with Crippen LogP contribution in [0.3, 0.4) is 0 Å². The Morgan fingerprint density at radius 1 is 0.750 bits per heavy atom. The fraction of sp³-hybridized carbons (Fsp3) is 0.455. The second-order valence-corrected chi connectivity index (χ2v) is 8.23. The molecule has 13 nitrogen and oxygen atoms in total. The molecule has 0 spiro atoms. The van der Waals surface area contributed by atoms with Crippen molar-refractivity contribution in [2.75, 3.05) is 5.75 Å². The van der Waals surface area contributed by atoms with Crippen LogP contribution in [0.15, 0.2) is 30.3 Å². The van der Waals surface area contributed by atoms with E-state index in [1.165, 1.54) is 0 Å². The number of carboxylic acid groups (broad SMARTS) is 3. The van der Waals surface area contributed by atoms with Gasteiger partial charge < -0.3 is 37.0 Å². The van der Waals surface area contributed by atoms with E-state index in [1.807, 2.05) is 0 Å². The average Bonchev–Trinajstić information content (AvgIpc) is 2.83. The highest BCUT2D eigenvalue weighted by molar-refractivity contribution is 7.80. The van der Waals surface area contributed by atoms with Gasteiger partial charge in [-0.1, -0.05) is 30.3 Å². The Morgan fingerprint density at radius 2 is 1.22 bits per heavy atom. The van der Waals surface area contributed by atoms with Gasteiger partial charge in [-0.3, -0.25) is 24.0 Å². The smallest absolute Gasteiger partial charge is 0.326 e. The quantitative estimate of drug-likeness (QED) is 0.119. The van der Waals surface area contributed by atoms with Crippen LogP contribution in [-0.4, -0.2) is 80.9 Å². The molecular formula is C22H30N4O9S. The van der Waals surface area contributed by atoms with Gasteiger partial charge >= 0.3 is 17.9 Å². The summed E-state index contributed by atoms with van der Waals surface area (Å²) in [4.78, 5) is 71.4. The molecule has 198 valence electrons. The molecule has 0 fully saturated rings. The minimum Gasteiger partial charge on any atom is -0.481 e. The molecule has 0 saturated carbocycles. The van der Waals surface area contributed by atoms with Crippen LogP contribution in [0.1, 0.15) is 31.2 Å². The van der Waals surface area contributed by atoms with Gasteiger partial charge in [0.1, 0.15) is 18.1 Å². The lowest BCUT2D eigenvalue weighted by Gasteiger charge is -2.25. The molecule has 8 N–H and O–H groups in total. The van der Waals surface area contributed by atoms with Crippen molar-refractivity contribution in [3.63, 3.8) is 0 Å². The molecule has 36 heavy (non-hydrogen) atoms. The third kappa shape index (κ3) is 11.2. The molecular weight excluding hydrogens is 496 g/mol. The summed E-state index contributed by atoms with van der Waals surface area (Å²) in [5.74, 6) is -6.56. The SMILES string of the molecule is NC(CS)C(=O)NC(Cc1ccccc1)C(=O)NC(CCC(=O)O)C(=O)NC(CCC(=O)O)C(=O)O. The number of nitrogens with one attached hydrogen (secondary N) is 3. The van der Waals surface area contributed by atoms with E-state index in [9.17, 15) is 33.9 Å². The highest BCUT2D eigenvalue weighted by Crippen LogP contribution is 2.07. The molecule has 4 unspecified atom stereocenters. The van der Waals surface area contributed by atoms with E-state index in [2.05, 4.69) is 28.6 Å². The summed E-state index contributed by atoms with van der Waals surface area (Å²) in [6, 6.07) is 3.34. The molecule has 3 amide bonds. The maximum atomic E-state index is 13.1. The normalized spacial score (nSPS) is 13.9. The number of thiol groups is 1. The number of carbonyl (C=O) groups excluding carboxylic acids is 3. The Bertz CT molecular complexity index is 945. The van der Waals surface area contributed by atoms with Crippen LogP contribution in [-0.2, 0) is 35.2 Å². The van der Waals surface area contributed by atoms with Gasteiger partial charge in [0.15, 0.2) is 0 Å². The standard InChI is InChI=1S/C22H30N4O9S/c23-13(11-36)19(31)26-16(10-12-4-2-1-3-5-12)21(33)24-14(6-8-17(27)28)20(32)25-15(22(34)35)7-9-18(29)30/h1-5,13-16,36H,6-11,23H2,(H,24,33)(H,25,32)(H,26,31)(H,27,28)(H,29,30)(H,34,35). The zero-order valence-corrected chi connectivity index (χ0v) is 20.1. The molecule has 0 aliphatic heterocycles. The molecule has 0 aliphatic carbocycles. The minimum atomic E-state index is -1.58. The minimum absolute atomic E-state index is 0.00206. The summed E-state index contributed by atoms with van der Waals surface area (Å²) in [6.07, 6.45) is -1.88. The molecule has 0 saturated heterocycles. The third-order valence-electron chi connectivity index (χ3n) is 4.99. The predicted molar refractivity (Wildman–Crippen MR) is 129 cm³/mol. The lowest BCUT2D eigenvalue weighted by Crippen LogP contribution is -2.57. The van der Waals surface area contributed by atoms with Gasteiger partial charge in [-0.05, 0) is 18.4 Å². The number of rotatable bonds is 16. The van der Waals surface area contributed by atoms with Gasteiger partial charge in [-0.15, -0.1) is 0 Å². The van der Waals surface area contributed by atoms with Gasteiger partial charge in [0.25, 0.3) is 0 Å². The Balaban J connectivity index is 3.10. The highest BCUT2D eigenvalue weighted by atomic mass is 32.1. The van der Waals surface area contributed by atoms with Crippen molar-refractivity contribution < 1.29 is 44.1 Å². The van der Waals surface area contributed by atoms with Crippen LogP contribution in [0, 0.1) is 0 Å². The topological polar surface area (TPSA) is 225 Å². The van der Waals surface area contributed by atoms with E-state index in [4.69, 9.17) is 15.9 Å².